The van der Waals surface area contributed by atoms with E-state index < -0.39 is 5.97 Å². The van der Waals surface area contributed by atoms with Crippen molar-refractivity contribution in [1.82, 2.24) is 14.5 Å². The van der Waals surface area contributed by atoms with Gasteiger partial charge in [-0.2, -0.15) is 0 Å². The highest BCUT2D eigenvalue weighted by Crippen LogP contribution is 2.30. The zero-order valence-corrected chi connectivity index (χ0v) is 12.5. The van der Waals surface area contributed by atoms with Crippen molar-refractivity contribution in [3.05, 3.63) is 36.4 Å². The molecule has 2 heterocycles. The molecular weight excluding hydrogens is 274 g/mol. The van der Waals surface area contributed by atoms with Gasteiger partial charge in [-0.15, -0.1) is 0 Å². The van der Waals surface area contributed by atoms with E-state index in [4.69, 9.17) is 5.11 Å². The molecule has 0 amide bonds. The Morgan fingerprint density at radius 3 is 2.70 bits per heavy atom. The van der Waals surface area contributed by atoms with Crippen LogP contribution < -0.4 is 0 Å². The largest absolute Gasteiger partial charge is 0.481 e. The third kappa shape index (κ3) is 3.19. The summed E-state index contributed by atoms with van der Waals surface area (Å²) >= 11 is 1.21. The lowest BCUT2D eigenvalue weighted by molar-refractivity contribution is -0.133. The zero-order chi connectivity index (χ0) is 14.8. The SMILES string of the molecule is CC(C)(C)c1cnc(SCC(=O)O)n1-c1cccnc1. The van der Waals surface area contributed by atoms with Gasteiger partial charge in [-0.1, -0.05) is 32.5 Å². The van der Waals surface area contributed by atoms with Crippen LogP contribution in [0.5, 0.6) is 0 Å². The van der Waals surface area contributed by atoms with E-state index in [1.54, 1.807) is 18.6 Å². The minimum Gasteiger partial charge on any atom is -0.481 e. The van der Waals surface area contributed by atoms with Crippen LogP contribution in [0.25, 0.3) is 5.69 Å². The van der Waals surface area contributed by atoms with E-state index in [0.717, 1.165) is 11.4 Å². The minimum absolute atomic E-state index is 0.0130. The van der Waals surface area contributed by atoms with Crippen molar-refractivity contribution in [3.8, 4) is 5.69 Å². The number of imidazole rings is 1. The first-order valence-electron chi connectivity index (χ1n) is 6.23. The number of carboxylic acids is 1. The van der Waals surface area contributed by atoms with Crippen LogP contribution in [-0.2, 0) is 10.2 Å². The van der Waals surface area contributed by atoms with Crippen molar-refractivity contribution in [3.63, 3.8) is 0 Å². The van der Waals surface area contributed by atoms with Gasteiger partial charge >= 0.3 is 5.97 Å². The topological polar surface area (TPSA) is 68.0 Å². The van der Waals surface area contributed by atoms with Crippen LogP contribution in [0.1, 0.15) is 26.5 Å². The average molecular weight is 291 g/mol. The van der Waals surface area contributed by atoms with Crippen LogP contribution in [-0.4, -0.2) is 31.4 Å². The summed E-state index contributed by atoms with van der Waals surface area (Å²) in [5.74, 6) is -0.867. The second-order valence-electron chi connectivity index (χ2n) is 5.41. The minimum atomic E-state index is -0.854. The summed E-state index contributed by atoms with van der Waals surface area (Å²) in [6, 6.07) is 3.79. The number of carboxylic acid groups (broad SMARTS) is 1. The molecule has 0 saturated heterocycles. The fraction of sp³-hybridized carbons (Fsp3) is 0.357. The number of pyridine rings is 1. The van der Waals surface area contributed by atoms with Crippen LogP contribution >= 0.6 is 11.8 Å². The number of hydrogen-bond acceptors (Lipinski definition) is 4. The van der Waals surface area contributed by atoms with E-state index >= 15 is 0 Å². The highest BCUT2D eigenvalue weighted by molar-refractivity contribution is 7.99. The molecule has 0 saturated carbocycles. The first-order chi connectivity index (χ1) is 9.39. The fourth-order valence-corrected chi connectivity index (χ4v) is 2.54. The molecule has 0 aromatic carbocycles. The quantitative estimate of drug-likeness (QED) is 0.877. The zero-order valence-electron chi connectivity index (χ0n) is 11.7. The maximum atomic E-state index is 10.8. The van der Waals surface area contributed by atoms with E-state index in [1.165, 1.54) is 11.8 Å². The molecule has 0 aliphatic carbocycles. The summed E-state index contributed by atoms with van der Waals surface area (Å²) in [6.07, 6.45) is 5.26. The molecule has 2 rings (SSSR count). The highest BCUT2D eigenvalue weighted by atomic mass is 32.2. The Hall–Kier alpha value is -1.82. The molecule has 0 fully saturated rings. The Kier molecular flexibility index (Phi) is 4.13. The number of hydrogen-bond donors (Lipinski definition) is 1. The van der Waals surface area contributed by atoms with Crippen molar-refractivity contribution in [1.29, 1.82) is 0 Å². The van der Waals surface area contributed by atoms with E-state index in [-0.39, 0.29) is 11.2 Å². The highest BCUT2D eigenvalue weighted by Gasteiger charge is 2.23. The number of nitrogens with zero attached hydrogens (tertiary/aromatic N) is 3. The molecule has 0 atom stereocenters. The number of aromatic nitrogens is 3. The number of rotatable bonds is 4. The normalized spacial score (nSPS) is 11.6. The molecule has 2 aromatic heterocycles. The van der Waals surface area contributed by atoms with Gasteiger partial charge in [0.25, 0.3) is 0 Å². The molecule has 2 aromatic rings. The molecule has 5 nitrogen and oxygen atoms in total. The number of carbonyl (C=O) groups is 1. The molecule has 20 heavy (non-hydrogen) atoms. The Morgan fingerprint density at radius 1 is 1.40 bits per heavy atom. The second-order valence-corrected chi connectivity index (χ2v) is 6.35. The summed E-state index contributed by atoms with van der Waals surface area (Å²) in [6.45, 7) is 6.30. The summed E-state index contributed by atoms with van der Waals surface area (Å²) in [7, 11) is 0. The Labute approximate surface area is 122 Å². The maximum absolute atomic E-state index is 10.8. The predicted octanol–water partition coefficient (Wildman–Crippen LogP) is 2.74. The lowest BCUT2D eigenvalue weighted by atomic mass is 9.92. The Morgan fingerprint density at radius 2 is 2.15 bits per heavy atom. The first kappa shape index (κ1) is 14.6. The van der Waals surface area contributed by atoms with Crippen LogP contribution in [0.3, 0.4) is 0 Å². The lowest BCUT2D eigenvalue weighted by Crippen LogP contribution is -2.17. The van der Waals surface area contributed by atoms with Gasteiger partial charge in [-0.05, 0) is 12.1 Å². The Bertz CT molecular complexity index is 603. The lowest BCUT2D eigenvalue weighted by Gasteiger charge is -2.21. The second kappa shape index (κ2) is 5.66. The summed E-state index contributed by atoms with van der Waals surface area (Å²) in [4.78, 5) is 19.2. The third-order valence-corrected chi connectivity index (χ3v) is 3.66. The molecule has 6 heteroatoms. The number of thioether (sulfide) groups is 1. The van der Waals surface area contributed by atoms with Gasteiger partial charge in [-0.25, -0.2) is 4.98 Å². The predicted molar refractivity (Wildman–Crippen MR) is 78.4 cm³/mol. The van der Waals surface area contributed by atoms with Gasteiger partial charge in [0, 0.05) is 17.3 Å². The van der Waals surface area contributed by atoms with Gasteiger partial charge in [-0.3, -0.25) is 14.3 Å². The van der Waals surface area contributed by atoms with Crippen LogP contribution in [0, 0.1) is 0 Å². The van der Waals surface area contributed by atoms with Gasteiger partial charge < -0.3 is 5.11 Å². The van der Waals surface area contributed by atoms with E-state index in [0.29, 0.717) is 5.16 Å². The van der Waals surface area contributed by atoms with Gasteiger partial charge in [0.2, 0.25) is 0 Å². The summed E-state index contributed by atoms with van der Waals surface area (Å²) < 4.78 is 1.97. The molecule has 106 valence electrons. The van der Waals surface area contributed by atoms with Crippen molar-refractivity contribution in [2.24, 2.45) is 0 Å². The molecule has 0 aliphatic heterocycles. The monoisotopic (exact) mass is 291 g/mol. The molecule has 1 N–H and O–H groups in total. The average Bonchev–Trinajstić information content (AvgIpc) is 2.81. The maximum Gasteiger partial charge on any atom is 0.313 e. The molecule has 0 spiro atoms. The molecule has 0 bridgehead atoms. The van der Waals surface area contributed by atoms with Crippen LogP contribution in [0.4, 0.5) is 0 Å². The molecule has 0 unspecified atom stereocenters. The van der Waals surface area contributed by atoms with Crippen LogP contribution in [0.15, 0.2) is 35.9 Å². The smallest absolute Gasteiger partial charge is 0.313 e. The van der Waals surface area contributed by atoms with E-state index in [2.05, 4.69) is 30.7 Å². The van der Waals surface area contributed by atoms with Gasteiger partial charge in [0.1, 0.15) is 0 Å². The molecule has 0 radical (unpaired) electrons. The van der Waals surface area contributed by atoms with Gasteiger partial charge in [0.05, 0.1) is 23.8 Å². The first-order valence-corrected chi connectivity index (χ1v) is 7.21. The van der Waals surface area contributed by atoms with E-state index in [1.807, 2.05) is 16.7 Å². The molecule has 0 aliphatic rings. The Balaban J connectivity index is 2.49. The van der Waals surface area contributed by atoms with Crippen LogP contribution in [0.2, 0.25) is 0 Å². The third-order valence-electron chi connectivity index (χ3n) is 2.73. The van der Waals surface area contributed by atoms with Crippen molar-refractivity contribution in [2.75, 3.05) is 5.75 Å². The van der Waals surface area contributed by atoms with Crippen molar-refractivity contribution in [2.45, 2.75) is 31.3 Å². The summed E-state index contributed by atoms with van der Waals surface area (Å²) in [5, 5.41) is 9.50. The standard InChI is InChI=1S/C14H17N3O2S/c1-14(2,3)11-8-16-13(20-9-12(18)19)17(11)10-5-4-6-15-7-10/h4-8H,9H2,1-3H3,(H,18,19). The summed E-state index contributed by atoms with van der Waals surface area (Å²) in [5.41, 5.74) is 1.83. The molecular formula is C14H17N3O2S. The van der Waals surface area contributed by atoms with Crippen molar-refractivity contribution >= 4 is 17.7 Å². The van der Waals surface area contributed by atoms with Crippen molar-refractivity contribution < 1.29 is 9.90 Å². The number of aliphatic carboxylic acids is 1. The van der Waals surface area contributed by atoms with Gasteiger partial charge in [0.15, 0.2) is 5.16 Å². The fourth-order valence-electron chi connectivity index (χ4n) is 1.83. The van der Waals surface area contributed by atoms with E-state index in [9.17, 15) is 4.79 Å².